The largest absolute Gasteiger partial charge is 0.383 e. The first-order valence-electron chi connectivity index (χ1n) is 3.73. The Hall–Kier alpha value is -1.01. The van der Waals surface area contributed by atoms with Gasteiger partial charge in [0, 0.05) is 6.92 Å². The molecule has 0 saturated carbocycles. The van der Waals surface area contributed by atoms with E-state index >= 15 is 0 Å². The Bertz CT molecular complexity index is 316. The molecule has 1 aromatic heterocycles. The Labute approximate surface area is 79.8 Å². The fourth-order valence-electron chi connectivity index (χ4n) is 0.672. The van der Waals surface area contributed by atoms with E-state index in [0.717, 1.165) is 11.3 Å². The molecule has 2 N–H and O–H groups in total. The summed E-state index contributed by atoms with van der Waals surface area (Å²) >= 11 is 1.16. The maximum atomic E-state index is 10.6. The Morgan fingerprint density at radius 3 is 2.54 bits per heavy atom. The molecular weight excluding hydrogens is 190 g/mol. The molecule has 5 nitrogen and oxygen atoms in total. The van der Waals surface area contributed by atoms with Crippen LogP contribution in [0.2, 0.25) is 0 Å². The number of nitrogens with one attached hydrogen (secondary N) is 1. The number of rotatable bonds is 2. The van der Waals surface area contributed by atoms with Crippen molar-refractivity contribution in [2.45, 2.75) is 26.4 Å². The molecule has 6 heteroatoms. The number of hydrogen-bond donors (Lipinski definition) is 2. The number of hydrogen-bond acceptors (Lipinski definition) is 5. The van der Waals surface area contributed by atoms with Gasteiger partial charge in [-0.05, 0) is 13.8 Å². The smallest absolute Gasteiger partial charge is 0.223 e. The first-order chi connectivity index (χ1) is 5.89. The second-order valence-electron chi connectivity index (χ2n) is 3.15. The maximum Gasteiger partial charge on any atom is 0.223 e. The molecule has 1 heterocycles. The molecule has 0 atom stereocenters. The molecule has 0 aromatic carbocycles. The fraction of sp³-hybridized carbons (Fsp3) is 0.571. The van der Waals surface area contributed by atoms with E-state index in [0.29, 0.717) is 10.1 Å². The van der Waals surface area contributed by atoms with Gasteiger partial charge in [-0.15, -0.1) is 10.2 Å². The zero-order chi connectivity index (χ0) is 10.1. The van der Waals surface area contributed by atoms with Crippen molar-refractivity contribution in [3.05, 3.63) is 5.01 Å². The monoisotopic (exact) mass is 201 g/mol. The lowest BCUT2D eigenvalue weighted by molar-refractivity contribution is -0.114. The van der Waals surface area contributed by atoms with Crippen LogP contribution in [0, 0.1) is 0 Å². The molecule has 1 aromatic rings. The molecule has 1 rings (SSSR count). The van der Waals surface area contributed by atoms with Crippen LogP contribution in [0.15, 0.2) is 0 Å². The molecule has 0 radical (unpaired) electrons. The normalized spacial score (nSPS) is 11.4. The van der Waals surface area contributed by atoms with Crippen LogP contribution in [0.5, 0.6) is 0 Å². The minimum atomic E-state index is -1.01. The van der Waals surface area contributed by atoms with Crippen LogP contribution in [-0.2, 0) is 10.4 Å². The van der Waals surface area contributed by atoms with Gasteiger partial charge in [0.25, 0.3) is 0 Å². The molecule has 0 aliphatic heterocycles. The Balaban J connectivity index is 2.81. The third-order valence-electron chi connectivity index (χ3n) is 1.23. The van der Waals surface area contributed by atoms with Gasteiger partial charge >= 0.3 is 0 Å². The van der Waals surface area contributed by atoms with Crippen LogP contribution in [0.3, 0.4) is 0 Å². The molecule has 0 bridgehead atoms. The molecule has 0 fully saturated rings. The standard InChI is InChI=1S/C7H11N3O2S/c1-4(11)8-6-10-9-5(13-6)7(2,3)12/h12H,1-3H3,(H,8,10,11). The van der Waals surface area contributed by atoms with Crippen LogP contribution in [-0.4, -0.2) is 21.2 Å². The highest BCUT2D eigenvalue weighted by Gasteiger charge is 2.21. The van der Waals surface area contributed by atoms with Crippen LogP contribution in [0.25, 0.3) is 0 Å². The number of aliphatic hydroxyl groups is 1. The summed E-state index contributed by atoms with van der Waals surface area (Å²) < 4.78 is 0. The topological polar surface area (TPSA) is 75.1 Å². The lowest BCUT2D eigenvalue weighted by Gasteiger charge is -2.10. The van der Waals surface area contributed by atoms with Crippen molar-refractivity contribution in [2.75, 3.05) is 5.32 Å². The molecule has 0 spiro atoms. The number of nitrogens with zero attached hydrogens (tertiary/aromatic N) is 2. The molecule has 13 heavy (non-hydrogen) atoms. The number of aromatic nitrogens is 2. The predicted molar refractivity (Wildman–Crippen MR) is 49.5 cm³/mol. The summed E-state index contributed by atoms with van der Waals surface area (Å²) in [6.07, 6.45) is 0. The summed E-state index contributed by atoms with van der Waals surface area (Å²) in [5.74, 6) is -0.196. The predicted octanol–water partition coefficient (Wildman–Crippen LogP) is 0.724. The number of carbonyl (C=O) groups excluding carboxylic acids is 1. The van der Waals surface area contributed by atoms with Crippen molar-refractivity contribution in [2.24, 2.45) is 0 Å². The average Bonchev–Trinajstić information content (AvgIpc) is 2.32. The Kier molecular flexibility index (Phi) is 2.63. The zero-order valence-electron chi connectivity index (χ0n) is 7.66. The highest BCUT2D eigenvalue weighted by molar-refractivity contribution is 7.15. The Morgan fingerprint density at radius 2 is 2.15 bits per heavy atom. The second-order valence-corrected chi connectivity index (χ2v) is 4.13. The lowest BCUT2D eigenvalue weighted by Crippen LogP contribution is -2.14. The van der Waals surface area contributed by atoms with Gasteiger partial charge in [-0.2, -0.15) is 0 Å². The minimum Gasteiger partial charge on any atom is -0.383 e. The van der Waals surface area contributed by atoms with Crippen molar-refractivity contribution in [3.8, 4) is 0 Å². The number of carbonyl (C=O) groups is 1. The highest BCUT2D eigenvalue weighted by atomic mass is 32.1. The third-order valence-corrected chi connectivity index (χ3v) is 2.38. The van der Waals surface area contributed by atoms with Gasteiger partial charge in [0.05, 0.1) is 0 Å². The highest BCUT2D eigenvalue weighted by Crippen LogP contribution is 2.25. The number of anilines is 1. The van der Waals surface area contributed by atoms with Gasteiger partial charge in [0.15, 0.2) is 0 Å². The van der Waals surface area contributed by atoms with E-state index in [2.05, 4.69) is 15.5 Å². The maximum absolute atomic E-state index is 10.6. The molecule has 72 valence electrons. The summed E-state index contributed by atoms with van der Waals surface area (Å²) in [6, 6.07) is 0. The van der Waals surface area contributed by atoms with Crippen molar-refractivity contribution >= 4 is 22.4 Å². The van der Waals surface area contributed by atoms with E-state index < -0.39 is 5.60 Å². The number of amides is 1. The van der Waals surface area contributed by atoms with Crippen LogP contribution >= 0.6 is 11.3 Å². The van der Waals surface area contributed by atoms with E-state index in [1.54, 1.807) is 13.8 Å². The van der Waals surface area contributed by atoms with Gasteiger partial charge in [-0.3, -0.25) is 4.79 Å². The van der Waals surface area contributed by atoms with Gasteiger partial charge < -0.3 is 10.4 Å². The van der Waals surface area contributed by atoms with Crippen molar-refractivity contribution in [3.63, 3.8) is 0 Å². The zero-order valence-corrected chi connectivity index (χ0v) is 8.47. The van der Waals surface area contributed by atoms with Gasteiger partial charge in [-0.1, -0.05) is 11.3 Å². The van der Waals surface area contributed by atoms with Gasteiger partial charge in [0.1, 0.15) is 10.6 Å². The first kappa shape index (κ1) is 10.1. The SMILES string of the molecule is CC(=O)Nc1nnc(C(C)(C)O)s1. The Morgan fingerprint density at radius 1 is 1.54 bits per heavy atom. The first-order valence-corrected chi connectivity index (χ1v) is 4.55. The van der Waals surface area contributed by atoms with Crippen molar-refractivity contribution < 1.29 is 9.90 Å². The summed E-state index contributed by atoms with van der Waals surface area (Å²) in [5, 5.41) is 20.4. The summed E-state index contributed by atoms with van der Waals surface area (Å²) in [5.41, 5.74) is -1.01. The van der Waals surface area contributed by atoms with E-state index in [1.165, 1.54) is 6.92 Å². The molecular formula is C7H11N3O2S. The molecule has 0 aliphatic carbocycles. The molecule has 0 saturated heterocycles. The summed E-state index contributed by atoms with van der Waals surface area (Å²) in [4.78, 5) is 10.6. The van der Waals surface area contributed by atoms with E-state index in [9.17, 15) is 9.90 Å². The molecule has 0 unspecified atom stereocenters. The molecule has 0 aliphatic rings. The van der Waals surface area contributed by atoms with Crippen LogP contribution in [0.1, 0.15) is 25.8 Å². The second kappa shape index (κ2) is 3.39. The van der Waals surface area contributed by atoms with E-state index in [1.807, 2.05) is 0 Å². The van der Waals surface area contributed by atoms with Crippen molar-refractivity contribution in [1.29, 1.82) is 0 Å². The lowest BCUT2D eigenvalue weighted by atomic mass is 10.2. The van der Waals surface area contributed by atoms with E-state index in [4.69, 9.17) is 0 Å². The summed E-state index contributed by atoms with van der Waals surface area (Å²) in [6.45, 7) is 4.63. The van der Waals surface area contributed by atoms with Crippen LogP contribution in [0.4, 0.5) is 5.13 Å². The fourth-order valence-corrected chi connectivity index (χ4v) is 1.46. The van der Waals surface area contributed by atoms with Crippen molar-refractivity contribution in [1.82, 2.24) is 10.2 Å². The van der Waals surface area contributed by atoms with Gasteiger partial charge in [0.2, 0.25) is 11.0 Å². The average molecular weight is 201 g/mol. The summed E-state index contributed by atoms with van der Waals surface area (Å²) in [7, 11) is 0. The molecule has 1 amide bonds. The quantitative estimate of drug-likeness (QED) is 0.739. The third kappa shape index (κ3) is 2.74. The van der Waals surface area contributed by atoms with Gasteiger partial charge in [-0.25, -0.2) is 0 Å². The minimum absolute atomic E-state index is 0.196. The van der Waals surface area contributed by atoms with E-state index in [-0.39, 0.29) is 5.91 Å². The van der Waals surface area contributed by atoms with Crippen LogP contribution < -0.4 is 5.32 Å².